The molecule has 2 N–H and O–H groups in total. The molecule has 4 heteroatoms. The van der Waals surface area contributed by atoms with E-state index in [1.165, 1.54) is 0 Å². The summed E-state index contributed by atoms with van der Waals surface area (Å²) >= 11 is 0. The van der Waals surface area contributed by atoms with Crippen molar-refractivity contribution >= 4 is 5.97 Å². The molecule has 1 aliphatic rings. The van der Waals surface area contributed by atoms with Crippen LogP contribution in [0.4, 0.5) is 0 Å². The van der Waals surface area contributed by atoms with Gasteiger partial charge in [0.2, 0.25) is 0 Å². The van der Waals surface area contributed by atoms with E-state index in [1.807, 2.05) is 13.0 Å². The van der Waals surface area contributed by atoms with Gasteiger partial charge in [-0.05, 0) is 62.6 Å². The van der Waals surface area contributed by atoms with Crippen LogP contribution in [-0.4, -0.2) is 22.8 Å². The van der Waals surface area contributed by atoms with Gasteiger partial charge < -0.3 is 14.9 Å². The summed E-state index contributed by atoms with van der Waals surface area (Å²) in [6, 6.07) is 3.48. The van der Waals surface area contributed by atoms with Crippen LogP contribution in [0.3, 0.4) is 0 Å². The molecule has 0 aliphatic heterocycles. The Morgan fingerprint density at radius 3 is 2.55 bits per heavy atom. The molecule has 29 heavy (non-hydrogen) atoms. The quantitative estimate of drug-likeness (QED) is 0.290. The van der Waals surface area contributed by atoms with Crippen LogP contribution in [0, 0.1) is 5.92 Å². The second-order valence-electron chi connectivity index (χ2n) is 7.93. The molecular weight excluding hydrogens is 364 g/mol. The zero-order chi connectivity index (χ0) is 21.4. The van der Waals surface area contributed by atoms with E-state index in [-0.39, 0.29) is 29.3 Å². The first kappa shape index (κ1) is 22.8. The number of benzene rings is 1. The Morgan fingerprint density at radius 1 is 1.28 bits per heavy atom. The van der Waals surface area contributed by atoms with Crippen molar-refractivity contribution in [2.24, 2.45) is 5.92 Å². The molecule has 0 unspecified atom stereocenters. The molecule has 1 aliphatic carbocycles. The number of ether oxygens (including phenoxy) is 1. The second kappa shape index (κ2) is 10.9. The maximum absolute atomic E-state index is 12.4. The molecule has 1 aromatic rings. The number of allylic oxidation sites excluding steroid dienone is 2. The van der Waals surface area contributed by atoms with Crippen LogP contribution in [-0.2, 0) is 16.0 Å². The molecule has 0 aromatic heterocycles. The van der Waals surface area contributed by atoms with E-state index in [0.29, 0.717) is 30.6 Å². The fraction of sp³-hybridized carbons (Fsp3) is 0.480. The Kier molecular flexibility index (Phi) is 8.56. The first-order chi connectivity index (χ1) is 13.9. The number of phenolic OH excluding ortho intramolecular Hbond substituents is 2. The molecule has 0 fully saturated rings. The smallest absolute Gasteiger partial charge is 0.333 e. The van der Waals surface area contributed by atoms with Gasteiger partial charge in [0.15, 0.2) is 0 Å². The van der Waals surface area contributed by atoms with Crippen molar-refractivity contribution in [2.75, 3.05) is 6.61 Å². The van der Waals surface area contributed by atoms with Gasteiger partial charge in [0.05, 0.1) is 6.61 Å². The van der Waals surface area contributed by atoms with Crippen LogP contribution in [0.1, 0.15) is 69.4 Å². The Hall–Kier alpha value is -2.49. The normalized spacial score (nSPS) is 18.8. The summed E-state index contributed by atoms with van der Waals surface area (Å²) in [6.45, 7) is 12.1. The second-order valence-corrected chi connectivity index (χ2v) is 7.93. The van der Waals surface area contributed by atoms with E-state index >= 15 is 0 Å². The lowest BCUT2D eigenvalue weighted by atomic mass is 9.73. The van der Waals surface area contributed by atoms with Gasteiger partial charge in [0, 0.05) is 17.1 Å². The van der Waals surface area contributed by atoms with Gasteiger partial charge in [0.25, 0.3) is 0 Å². The van der Waals surface area contributed by atoms with Crippen molar-refractivity contribution in [1.29, 1.82) is 0 Å². The topological polar surface area (TPSA) is 66.8 Å². The van der Waals surface area contributed by atoms with Crippen molar-refractivity contribution in [3.05, 3.63) is 59.7 Å². The Morgan fingerprint density at radius 2 is 1.97 bits per heavy atom. The van der Waals surface area contributed by atoms with Crippen LogP contribution in [0.5, 0.6) is 11.5 Å². The summed E-state index contributed by atoms with van der Waals surface area (Å²) in [5.74, 6) is -0.460. The van der Waals surface area contributed by atoms with E-state index < -0.39 is 0 Å². The number of unbranched alkanes of at least 4 members (excludes halogenated alkanes) is 2. The lowest BCUT2D eigenvalue weighted by Gasteiger charge is -2.31. The molecule has 0 radical (unpaired) electrons. The predicted molar refractivity (Wildman–Crippen MR) is 117 cm³/mol. The minimum atomic E-state index is -0.341. The molecular formula is C25H34O4. The van der Waals surface area contributed by atoms with Crippen LogP contribution in [0.25, 0.3) is 0 Å². The highest BCUT2D eigenvalue weighted by atomic mass is 16.5. The third-order valence-electron chi connectivity index (χ3n) is 5.59. The molecule has 0 saturated heterocycles. The summed E-state index contributed by atoms with van der Waals surface area (Å²) in [7, 11) is 0. The number of rotatable bonds is 10. The molecule has 158 valence electrons. The molecule has 1 aromatic carbocycles. The molecule has 2 atom stereocenters. The fourth-order valence-electron chi connectivity index (χ4n) is 3.99. The predicted octanol–water partition coefficient (Wildman–Crippen LogP) is 5.95. The number of aryl methyl sites for hydroxylation is 1. The Bertz CT molecular complexity index is 752. The van der Waals surface area contributed by atoms with Gasteiger partial charge in [-0.3, -0.25) is 0 Å². The van der Waals surface area contributed by atoms with Gasteiger partial charge in [-0.1, -0.05) is 44.1 Å². The Balaban J connectivity index is 2.33. The third kappa shape index (κ3) is 5.99. The maximum Gasteiger partial charge on any atom is 0.333 e. The monoisotopic (exact) mass is 398 g/mol. The van der Waals surface area contributed by atoms with Crippen LogP contribution < -0.4 is 0 Å². The molecule has 2 rings (SSSR count). The van der Waals surface area contributed by atoms with Crippen molar-refractivity contribution in [3.63, 3.8) is 0 Å². The SMILES string of the molecule is C=CCCOC(=O)C1=C[C@@H](c2c(O)cc(CCCCC)cc2O)[C@H](C(=C)C)CC1. The summed E-state index contributed by atoms with van der Waals surface area (Å²) in [5, 5.41) is 21.5. The van der Waals surface area contributed by atoms with E-state index in [1.54, 1.807) is 18.2 Å². The lowest BCUT2D eigenvalue weighted by Crippen LogP contribution is -2.21. The highest BCUT2D eigenvalue weighted by Crippen LogP contribution is 2.46. The van der Waals surface area contributed by atoms with Crippen molar-refractivity contribution in [1.82, 2.24) is 0 Å². The first-order valence-corrected chi connectivity index (χ1v) is 10.6. The van der Waals surface area contributed by atoms with Crippen molar-refractivity contribution < 1.29 is 19.7 Å². The molecule has 0 bridgehead atoms. The zero-order valence-electron chi connectivity index (χ0n) is 17.7. The van der Waals surface area contributed by atoms with Gasteiger partial charge in [-0.25, -0.2) is 4.79 Å². The van der Waals surface area contributed by atoms with Gasteiger partial charge in [-0.2, -0.15) is 0 Å². The number of phenols is 2. The van der Waals surface area contributed by atoms with E-state index in [4.69, 9.17) is 4.74 Å². The Labute approximate surface area is 174 Å². The van der Waals surface area contributed by atoms with Crippen LogP contribution in [0.15, 0.2) is 48.6 Å². The summed E-state index contributed by atoms with van der Waals surface area (Å²) in [4.78, 5) is 12.4. The molecule has 0 spiro atoms. The summed E-state index contributed by atoms with van der Waals surface area (Å²) in [5.41, 5.74) is 2.94. The summed E-state index contributed by atoms with van der Waals surface area (Å²) in [6.07, 6.45) is 9.55. The largest absolute Gasteiger partial charge is 0.507 e. The molecule has 4 nitrogen and oxygen atoms in total. The number of aromatic hydroxyl groups is 2. The lowest BCUT2D eigenvalue weighted by molar-refractivity contribution is -0.139. The van der Waals surface area contributed by atoms with Gasteiger partial charge >= 0.3 is 5.97 Å². The van der Waals surface area contributed by atoms with Crippen LogP contribution >= 0.6 is 0 Å². The maximum atomic E-state index is 12.4. The number of hydrogen-bond donors (Lipinski definition) is 2. The van der Waals surface area contributed by atoms with E-state index in [2.05, 4.69) is 20.1 Å². The zero-order valence-corrected chi connectivity index (χ0v) is 17.7. The van der Waals surface area contributed by atoms with Gasteiger partial charge in [-0.15, -0.1) is 6.58 Å². The third-order valence-corrected chi connectivity index (χ3v) is 5.59. The van der Waals surface area contributed by atoms with Crippen LogP contribution in [0.2, 0.25) is 0 Å². The number of esters is 1. The average molecular weight is 399 g/mol. The first-order valence-electron chi connectivity index (χ1n) is 10.6. The minimum absolute atomic E-state index is 0.0440. The fourth-order valence-corrected chi connectivity index (χ4v) is 3.99. The minimum Gasteiger partial charge on any atom is -0.507 e. The van der Waals surface area contributed by atoms with Crippen molar-refractivity contribution in [2.45, 2.75) is 64.7 Å². The van der Waals surface area contributed by atoms with E-state index in [9.17, 15) is 15.0 Å². The molecule has 0 heterocycles. The van der Waals surface area contributed by atoms with Crippen molar-refractivity contribution in [3.8, 4) is 11.5 Å². The summed E-state index contributed by atoms with van der Waals surface area (Å²) < 4.78 is 5.31. The number of hydrogen-bond acceptors (Lipinski definition) is 4. The molecule has 0 saturated carbocycles. The number of carbonyl (C=O) groups excluding carboxylic acids is 1. The number of carbonyl (C=O) groups is 1. The van der Waals surface area contributed by atoms with Gasteiger partial charge in [0.1, 0.15) is 11.5 Å². The highest BCUT2D eigenvalue weighted by Gasteiger charge is 2.32. The average Bonchev–Trinajstić information content (AvgIpc) is 2.67. The molecule has 0 amide bonds. The van der Waals surface area contributed by atoms with E-state index in [0.717, 1.165) is 43.2 Å². The standard InChI is InChI=1S/C25H34O4/c1-5-7-9-10-18-14-22(26)24(23(27)15-18)21-16-19(11-12-20(21)17(3)4)25(28)29-13-8-6-2/h6,14-16,20-21,26-27H,2-3,5,7-13H2,1,4H3/t20-,21+/m0/s1. The highest BCUT2D eigenvalue weighted by molar-refractivity contribution is 5.89.